The summed E-state index contributed by atoms with van der Waals surface area (Å²) in [6, 6.07) is 6.86. The van der Waals surface area contributed by atoms with Gasteiger partial charge in [-0.05, 0) is 11.1 Å². The summed E-state index contributed by atoms with van der Waals surface area (Å²) in [6.45, 7) is 0.688. The molecule has 2 rings (SSSR count). The van der Waals surface area contributed by atoms with E-state index in [0.29, 0.717) is 12.2 Å². The number of epoxide rings is 1. The largest absolute Gasteiger partial charge is 0.368 e. The number of hydrogen-bond acceptors (Lipinski definition) is 5. The predicted molar refractivity (Wildman–Crippen MR) is 65.7 cm³/mol. The standard InChI is InChI=1S/C10H13NO5S2/c1-17(12,13)11-18(14,15)7-8-2-4-9(5-3-8)10-6-16-10/h2-5,10-11H,6-7H2,1H3. The number of rotatable bonds is 5. The molecule has 8 heteroatoms. The van der Waals surface area contributed by atoms with Crippen LogP contribution < -0.4 is 4.13 Å². The first-order valence-electron chi connectivity index (χ1n) is 5.17. The summed E-state index contributed by atoms with van der Waals surface area (Å²) in [7, 11) is -7.65. The van der Waals surface area contributed by atoms with Crippen LogP contribution in [0.1, 0.15) is 17.2 Å². The van der Waals surface area contributed by atoms with E-state index in [-0.39, 0.29) is 11.9 Å². The van der Waals surface area contributed by atoms with Crippen LogP contribution in [0, 0.1) is 0 Å². The second-order valence-electron chi connectivity index (χ2n) is 4.18. The lowest BCUT2D eigenvalue weighted by atomic mass is 10.1. The highest BCUT2D eigenvalue weighted by Gasteiger charge is 2.24. The normalized spacial score (nSPS) is 19.7. The van der Waals surface area contributed by atoms with Crippen molar-refractivity contribution in [2.24, 2.45) is 0 Å². The van der Waals surface area contributed by atoms with Gasteiger partial charge in [0.1, 0.15) is 6.10 Å². The maximum Gasteiger partial charge on any atom is 0.228 e. The molecule has 0 amide bonds. The van der Waals surface area contributed by atoms with E-state index in [1.807, 2.05) is 0 Å². The van der Waals surface area contributed by atoms with E-state index in [1.54, 1.807) is 28.4 Å². The summed E-state index contributed by atoms with van der Waals surface area (Å²) in [6.07, 6.45) is 0.919. The molecule has 100 valence electrons. The molecule has 1 aliphatic rings. The maximum atomic E-state index is 11.5. The minimum absolute atomic E-state index is 0.116. The third-order valence-electron chi connectivity index (χ3n) is 2.32. The van der Waals surface area contributed by atoms with Crippen LogP contribution in [0.2, 0.25) is 0 Å². The highest BCUT2D eigenvalue weighted by atomic mass is 32.3. The van der Waals surface area contributed by atoms with E-state index in [2.05, 4.69) is 0 Å². The molecule has 0 saturated carbocycles. The Morgan fingerprint density at radius 2 is 1.78 bits per heavy atom. The van der Waals surface area contributed by atoms with Crippen LogP contribution in [-0.4, -0.2) is 29.7 Å². The van der Waals surface area contributed by atoms with Gasteiger partial charge in [0.05, 0.1) is 18.6 Å². The molecule has 6 nitrogen and oxygen atoms in total. The third kappa shape index (κ3) is 4.05. The molecule has 1 heterocycles. The third-order valence-corrected chi connectivity index (χ3v) is 5.26. The number of nitrogens with one attached hydrogen (secondary N) is 1. The zero-order valence-corrected chi connectivity index (χ0v) is 11.3. The quantitative estimate of drug-likeness (QED) is 0.779. The van der Waals surface area contributed by atoms with Gasteiger partial charge in [0.15, 0.2) is 0 Å². The maximum absolute atomic E-state index is 11.5. The molecule has 0 radical (unpaired) electrons. The fraction of sp³-hybridized carbons (Fsp3) is 0.400. The number of ether oxygens (including phenoxy) is 1. The van der Waals surface area contributed by atoms with Gasteiger partial charge in [-0.25, -0.2) is 16.8 Å². The van der Waals surface area contributed by atoms with E-state index in [1.165, 1.54) is 0 Å². The second kappa shape index (κ2) is 4.61. The summed E-state index contributed by atoms with van der Waals surface area (Å²) in [4.78, 5) is 0. The monoisotopic (exact) mass is 291 g/mol. The van der Waals surface area contributed by atoms with E-state index in [9.17, 15) is 16.8 Å². The van der Waals surface area contributed by atoms with Crippen LogP contribution in [0.5, 0.6) is 0 Å². The van der Waals surface area contributed by atoms with Gasteiger partial charge in [0.2, 0.25) is 20.0 Å². The number of hydrogen-bond donors (Lipinski definition) is 1. The first kappa shape index (κ1) is 13.5. The molecule has 0 bridgehead atoms. The van der Waals surface area contributed by atoms with Gasteiger partial charge < -0.3 is 4.74 Å². The van der Waals surface area contributed by atoms with Crippen LogP contribution in [0.15, 0.2) is 24.3 Å². The van der Waals surface area contributed by atoms with Crippen LogP contribution in [0.25, 0.3) is 0 Å². The molecule has 0 aromatic heterocycles. The van der Waals surface area contributed by atoms with Crippen LogP contribution in [0.3, 0.4) is 0 Å². The Morgan fingerprint density at radius 3 is 2.22 bits per heavy atom. The Bertz CT molecular complexity index is 629. The highest BCUT2D eigenvalue weighted by Crippen LogP contribution is 2.29. The molecular formula is C10H13NO5S2. The van der Waals surface area contributed by atoms with Crippen molar-refractivity contribution >= 4 is 20.0 Å². The van der Waals surface area contributed by atoms with E-state index in [0.717, 1.165) is 11.8 Å². The zero-order chi connectivity index (χ0) is 13.4. The Kier molecular flexibility index (Phi) is 3.45. The second-order valence-corrected chi connectivity index (χ2v) is 7.91. The molecule has 1 aromatic rings. The zero-order valence-electron chi connectivity index (χ0n) is 9.66. The summed E-state index contributed by atoms with van der Waals surface area (Å²) >= 11 is 0. The van der Waals surface area contributed by atoms with Gasteiger partial charge in [-0.1, -0.05) is 24.3 Å². The summed E-state index contributed by atoms with van der Waals surface area (Å²) < 4.78 is 51.5. The molecule has 1 unspecified atom stereocenters. The van der Waals surface area contributed by atoms with Crippen molar-refractivity contribution in [2.75, 3.05) is 12.9 Å². The van der Waals surface area contributed by atoms with Crippen molar-refractivity contribution in [3.05, 3.63) is 35.4 Å². The smallest absolute Gasteiger partial charge is 0.228 e. The fourth-order valence-corrected chi connectivity index (χ4v) is 4.26. The molecule has 1 saturated heterocycles. The molecule has 18 heavy (non-hydrogen) atoms. The fourth-order valence-electron chi connectivity index (χ4n) is 1.55. The van der Waals surface area contributed by atoms with Crippen LogP contribution in [0.4, 0.5) is 0 Å². The topological polar surface area (TPSA) is 92.8 Å². The molecule has 0 spiro atoms. The van der Waals surface area contributed by atoms with E-state index >= 15 is 0 Å². The lowest BCUT2D eigenvalue weighted by Crippen LogP contribution is -2.30. The van der Waals surface area contributed by atoms with Crippen molar-refractivity contribution < 1.29 is 21.6 Å². The molecule has 1 fully saturated rings. The van der Waals surface area contributed by atoms with Crippen molar-refractivity contribution in [2.45, 2.75) is 11.9 Å². The minimum Gasteiger partial charge on any atom is -0.368 e. The van der Waals surface area contributed by atoms with Gasteiger partial charge in [-0.3, -0.25) is 0 Å². The van der Waals surface area contributed by atoms with Crippen molar-refractivity contribution in [1.82, 2.24) is 4.13 Å². The van der Waals surface area contributed by atoms with Crippen molar-refractivity contribution in [3.8, 4) is 0 Å². The SMILES string of the molecule is CS(=O)(=O)NS(=O)(=O)Cc1ccc(C2CO2)cc1. The van der Waals surface area contributed by atoms with E-state index in [4.69, 9.17) is 4.74 Å². The molecule has 1 aromatic carbocycles. The average Bonchev–Trinajstić information content (AvgIpc) is 2.97. The summed E-state index contributed by atoms with van der Waals surface area (Å²) in [5.41, 5.74) is 1.52. The lowest BCUT2D eigenvalue weighted by Gasteiger charge is -2.05. The summed E-state index contributed by atoms with van der Waals surface area (Å²) in [5, 5.41) is 0. The average molecular weight is 291 g/mol. The minimum atomic E-state index is -3.88. The molecule has 0 aliphatic carbocycles. The Balaban J connectivity index is 2.08. The highest BCUT2D eigenvalue weighted by molar-refractivity contribution is 8.04. The summed E-state index contributed by atoms with van der Waals surface area (Å²) in [5.74, 6) is -0.369. The molecule has 1 N–H and O–H groups in total. The van der Waals surface area contributed by atoms with Crippen molar-refractivity contribution in [1.29, 1.82) is 0 Å². The first-order chi connectivity index (χ1) is 8.25. The first-order valence-corrected chi connectivity index (χ1v) is 8.71. The molecule has 1 atom stereocenters. The van der Waals surface area contributed by atoms with Gasteiger partial charge in [-0.15, -0.1) is 4.13 Å². The number of sulfonamides is 2. The van der Waals surface area contributed by atoms with Gasteiger partial charge in [0, 0.05) is 0 Å². The van der Waals surface area contributed by atoms with Crippen molar-refractivity contribution in [3.63, 3.8) is 0 Å². The Hall–Kier alpha value is -0.960. The molecular weight excluding hydrogens is 278 g/mol. The van der Waals surface area contributed by atoms with Gasteiger partial charge in [0.25, 0.3) is 0 Å². The van der Waals surface area contributed by atoms with Gasteiger partial charge >= 0.3 is 0 Å². The lowest BCUT2D eigenvalue weighted by molar-refractivity contribution is 0.415. The van der Waals surface area contributed by atoms with E-state index < -0.39 is 20.0 Å². The van der Waals surface area contributed by atoms with Crippen LogP contribution in [-0.2, 0) is 30.5 Å². The van der Waals surface area contributed by atoms with Gasteiger partial charge in [-0.2, -0.15) is 0 Å². The number of benzene rings is 1. The molecule has 1 aliphatic heterocycles. The Labute approximate surface area is 106 Å². The predicted octanol–water partition coefficient (Wildman–Crippen LogP) is 0.137. The van der Waals surface area contributed by atoms with Crippen LogP contribution >= 0.6 is 0 Å². The Morgan fingerprint density at radius 1 is 1.22 bits per heavy atom.